The highest BCUT2D eigenvalue weighted by Crippen LogP contribution is 2.42. The fourth-order valence-electron chi connectivity index (χ4n) is 8.57. The molecule has 0 aliphatic heterocycles. The van der Waals surface area contributed by atoms with Gasteiger partial charge in [0.25, 0.3) is 0 Å². The van der Waals surface area contributed by atoms with Crippen molar-refractivity contribution in [2.75, 3.05) is 4.90 Å². The van der Waals surface area contributed by atoms with Crippen molar-refractivity contribution in [1.82, 2.24) is 0 Å². The molecule has 0 atom stereocenters. The van der Waals surface area contributed by atoms with E-state index in [1.807, 2.05) is 11.3 Å². The van der Waals surface area contributed by atoms with Gasteiger partial charge in [-0.2, -0.15) is 0 Å². The zero-order valence-corrected chi connectivity index (χ0v) is 33.7. The van der Waals surface area contributed by atoms with Crippen molar-refractivity contribution >= 4 is 59.3 Å². The molecule has 0 aliphatic carbocycles. The van der Waals surface area contributed by atoms with Crippen molar-refractivity contribution in [3.63, 3.8) is 0 Å². The number of rotatable bonds is 8. The average Bonchev–Trinajstić information content (AvgIpc) is 3.72. The third kappa shape index (κ3) is 6.73. The molecule has 0 radical (unpaired) electrons. The molecule has 0 unspecified atom stereocenters. The number of nitrogens with zero attached hydrogens (tertiary/aromatic N) is 1. The molecule has 60 heavy (non-hydrogen) atoms. The van der Waals surface area contributed by atoms with Gasteiger partial charge >= 0.3 is 0 Å². The molecule has 0 saturated carbocycles. The largest absolute Gasteiger partial charge is 0.310 e. The Kier molecular flexibility index (Phi) is 9.11. The molecule has 10 aromatic carbocycles. The van der Waals surface area contributed by atoms with E-state index in [2.05, 4.69) is 241 Å². The number of thiophene rings is 1. The van der Waals surface area contributed by atoms with E-state index in [1.165, 1.54) is 86.6 Å². The van der Waals surface area contributed by atoms with Crippen LogP contribution >= 0.6 is 11.3 Å². The molecular formula is C58H39NS. The van der Waals surface area contributed by atoms with Crippen LogP contribution in [-0.2, 0) is 0 Å². The highest BCUT2D eigenvalue weighted by Gasteiger charge is 2.16. The SMILES string of the molecule is c1ccc(-c2cccc(N(c3ccc(-c4ccc(-c5cccc(-c6ccc7ccccc7c6)c5)cc4)cc3)c3ccc(-c4cccc5c4sc4ccccc45)cc3)c2)cc1. The molecule has 0 fully saturated rings. The highest BCUT2D eigenvalue weighted by atomic mass is 32.1. The molecule has 11 rings (SSSR count). The number of benzene rings is 10. The summed E-state index contributed by atoms with van der Waals surface area (Å²) in [4.78, 5) is 2.37. The molecule has 1 nitrogen and oxygen atoms in total. The molecule has 1 heterocycles. The maximum atomic E-state index is 2.37. The van der Waals surface area contributed by atoms with Gasteiger partial charge in [-0.05, 0) is 121 Å². The Morgan fingerprint density at radius 2 is 0.750 bits per heavy atom. The second kappa shape index (κ2) is 15.3. The maximum absolute atomic E-state index is 2.37. The fraction of sp³-hybridized carbons (Fsp3) is 0. The lowest BCUT2D eigenvalue weighted by molar-refractivity contribution is 1.28. The Labute approximate surface area is 354 Å². The summed E-state index contributed by atoms with van der Waals surface area (Å²) in [6, 6.07) is 86.0. The van der Waals surface area contributed by atoms with Gasteiger partial charge in [0.1, 0.15) is 0 Å². The predicted molar refractivity (Wildman–Crippen MR) is 259 cm³/mol. The second-order valence-corrected chi connectivity index (χ2v) is 16.4. The van der Waals surface area contributed by atoms with Crippen molar-refractivity contribution in [3.05, 3.63) is 237 Å². The van der Waals surface area contributed by atoms with E-state index in [9.17, 15) is 0 Å². The van der Waals surface area contributed by atoms with E-state index in [4.69, 9.17) is 0 Å². The van der Waals surface area contributed by atoms with Crippen LogP contribution in [0.15, 0.2) is 237 Å². The van der Waals surface area contributed by atoms with Gasteiger partial charge in [-0.15, -0.1) is 11.3 Å². The van der Waals surface area contributed by atoms with E-state index in [0.717, 1.165) is 17.1 Å². The predicted octanol–water partition coefficient (Wildman–Crippen LogP) is 17.0. The minimum atomic E-state index is 1.10. The normalized spacial score (nSPS) is 11.3. The molecule has 0 N–H and O–H groups in total. The lowest BCUT2D eigenvalue weighted by Crippen LogP contribution is -2.10. The highest BCUT2D eigenvalue weighted by molar-refractivity contribution is 7.26. The van der Waals surface area contributed by atoms with Gasteiger partial charge in [0.2, 0.25) is 0 Å². The molecule has 11 aromatic rings. The van der Waals surface area contributed by atoms with Crippen LogP contribution in [0.2, 0.25) is 0 Å². The van der Waals surface area contributed by atoms with Crippen molar-refractivity contribution in [2.45, 2.75) is 0 Å². The monoisotopic (exact) mass is 781 g/mol. The van der Waals surface area contributed by atoms with E-state index >= 15 is 0 Å². The molecule has 1 aromatic heterocycles. The molecule has 2 heteroatoms. The molecule has 0 saturated heterocycles. The van der Waals surface area contributed by atoms with Crippen molar-refractivity contribution in [1.29, 1.82) is 0 Å². The van der Waals surface area contributed by atoms with Crippen LogP contribution in [0.25, 0.3) is 86.6 Å². The minimum absolute atomic E-state index is 1.10. The van der Waals surface area contributed by atoms with E-state index in [1.54, 1.807) is 0 Å². The lowest BCUT2D eigenvalue weighted by Gasteiger charge is -2.26. The molecule has 0 aliphatic rings. The van der Waals surface area contributed by atoms with Gasteiger partial charge in [-0.25, -0.2) is 0 Å². The van der Waals surface area contributed by atoms with Crippen molar-refractivity contribution in [3.8, 4) is 55.6 Å². The standard InChI is InChI=1S/C58H39NS/c1-2-11-40(12-3-1)49-17-9-18-53(39-49)59(52-35-31-45(32-36-52)54-20-10-21-56-55-19-6-7-22-57(55)60-58(54)56)51-33-29-43(30-34-51)42-23-25-44(26-24-42)47-15-8-16-48(37-47)50-28-27-41-13-4-5-14-46(41)38-50/h1-39H. The van der Waals surface area contributed by atoms with Gasteiger partial charge < -0.3 is 4.90 Å². The van der Waals surface area contributed by atoms with Gasteiger partial charge in [0.05, 0.1) is 0 Å². The summed E-state index contributed by atoms with van der Waals surface area (Å²) in [5.41, 5.74) is 15.4. The number of hydrogen-bond acceptors (Lipinski definition) is 2. The van der Waals surface area contributed by atoms with Crippen LogP contribution < -0.4 is 4.90 Å². The molecule has 282 valence electrons. The second-order valence-electron chi connectivity index (χ2n) is 15.3. The first kappa shape index (κ1) is 35.6. The number of hydrogen-bond donors (Lipinski definition) is 0. The maximum Gasteiger partial charge on any atom is 0.0467 e. The van der Waals surface area contributed by atoms with E-state index in [-0.39, 0.29) is 0 Å². The Balaban J connectivity index is 0.912. The van der Waals surface area contributed by atoms with Crippen molar-refractivity contribution < 1.29 is 0 Å². The van der Waals surface area contributed by atoms with Gasteiger partial charge in [-0.1, -0.05) is 182 Å². The average molecular weight is 782 g/mol. The van der Waals surface area contributed by atoms with E-state index < -0.39 is 0 Å². The molecule has 0 bridgehead atoms. The van der Waals surface area contributed by atoms with Crippen LogP contribution in [0.1, 0.15) is 0 Å². The summed E-state index contributed by atoms with van der Waals surface area (Å²) in [5, 5.41) is 5.16. The Morgan fingerprint density at radius 1 is 0.267 bits per heavy atom. The number of anilines is 3. The first-order valence-corrected chi connectivity index (χ1v) is 21.3. The third-order valence-electron chi connectivity index (χ3n) is 11.7. The quantitative estimate of drug-likeness (QED) is 0.148. The topological polar surface area (TPSA) is 3.24 Å². The fourth-order valence-corrected chi connectivity index (χ4v) is 9.81. The Morgan fingerprint density at radius 3 is 1.50 bits per heavy atom. The first-order chi connectivity index (χ1) is 29.7. The van der Waals surface area contributed by atoms with Gasteiger partial charge in [-0.3, -0.25) is 0 Å². The zero-order chi connectivity index (χ0) is 39.8. The third-order valence-corrected chi connectivity index (χ3v) is 12.9. The number of fused-ring (bicyclic) bond motifs is 4. The summed E-state index contributed by atoms with van der Waals surface area (Å²) in [5.74, 6) is 0. The van der Waals surface area contributed by atoms with Gasteiger partial charge in [0, 0.05) is 37.2 Å². The van der Waals surface area contributed by atoms with Gasteiger partial charge in [0.15, 0.2) is 0 Å². The first-order valence-electron chi connectivity index (χ1n) is 20.5. The van der Waals surface area contributed by atoms with E-state index in [0.29, 0.717) is 0 Å². The van der Waals surface area contributed by atoms with Crippen LogP contribution in [-0.4, -0.2) is 0 Å². The lowest BCUT2D eigenvalue weighted by atomic mass is 9.96. The summed E-state index contributed by atoms with van der Waals surface area (Å²) < 4.78 is 2.65. The van der Waals surface area contributed by atoms with Crippen LogP contribution in [0.5, 0.6) is 0 Å². The summed E-state index contributed by atoms with van der Waals surface area (Å²) >= 11 is 1.88. The Bertz CT molecular complexity index is 3290. The summed E-state index contributed by atoms with van der Waals surface area (Å²) in [6.07, 6.45) is 0. The molecular weight excluding hydrogens is 743 g/mol. The Hall–Kier alpha value is -7.52. The summed E-state index contributed by atoms with van der Waals surface area (Å²) in [7, 11) is 0. The van der Waals surface area contributed by atoms with Crippen LogP contribution in [0, 0.1) is 0 Å². The summed E-state index contributed by atoms with van der Waals surface area (Å²) in [6.45, 7) is 0. The molecule has 0 amide bonds. The van der Waals surface area contributed by atoms with Crippen LogP contribution in [0.3, 0.4) is 0 Å². The molecule has 0 spiro atoms. The van der Waals surface area contributed by atoms with Crippen LogP contribution in [0.4, 0.5) is 17.1 Å². The zero-order valence-electron chi connectivity index (χ0n) is 32.9. The smallest absolute Gasteiger partial charge is 0.0467 e. The van der Waals surface area contributed by atoms with Crippen molar-refractivity contribution in [2.24, 2.45) is 0 Å². The minimum Gasteiger partial charge on any atom is -0.310 e.